The molecule has 0 saturated carbocycles. The number of hydrogen-bond acceptors (Lipinski definition) is 0. The standard InChI is InChI=1S/2C14H11.2ClH.Hf/c2*1-10-5-4-7-12-9-11-6-2-3-8-13(11)14(10)12;;;/h2*2-9H,1H3;2*1H;/q;;;;+2/p-2. The van der Waals surface area contributed by atoms with Gasteiger partial charge in [-0.15, -0.1) is 0 Å². The first-order valence-corrected chi connectivity index (χ1v) is 14.5. The molecule has 0 N–H and O–H groups in total. The summed E-state index contributed by atoms with van der Waals surface area (Å²) in [6, 6.07) is 32.2. The summed E-state index contributed by atoms with van der Waals surface area (Å²) in [7, 11) is 0. The SMILES string of the molecule is Cc1cccc2c1-c1ccccc1[CH]2[Hf+2][CH]1c2ccccc2-c2c(C)cccc21.[Cl-].[Cl-]. The average molecular weight is 608 g/mol. The number of halogens is 2. The Morgan fingerprint density at radius 1 is 0.484 bits per heavy atom. The summed E-state index contributed by atoms with van der Waals surface area (Å²) in [4.78, 5) is 0. The Balaban J connectivity index is 0.00000116. The fourth-order valence-corrected chi connectivity index (χ4v) is 12.7. The molecule has 4 aromatic rings. The van der Waals surface area contributed by atoms with Crippen LogP contribution in [0.1, 0.15) is 40.7 Å². The van der Waals surface area contributed by atoms with E-state index in [2.05, 4.69) is 98.8 Å². The van der Waals surface area contributed by atoms with Crippen LogP contribution in [0.15, 0.2) is 84.9 Å². The second-order valence-corrected chi connectivity index (χ2v) is 13.6. The molecule has 0 nitrogen and oxygen atoms in total. The minimum absolute atomic E-state index is 0. The van der Waals surface area contributed by atoms with Crippen LogP contribution in [-0.2, 0) is 22.9 Å². The zero-order valence-corrected chi connectivity index (χ0v) is 22.6. The second-order valence-electron chi connectivity index (χ2n) is 8.29. The van der Waals surface area contributed by atoms with Gasteiger partial charge in [0.15, 0.2) is 0 Å². The normalized spacial score (nSPS) is 16.7. The third-order valence-corrected chi connectivity index (χ3v) is 13.5. The van der Waals surface area contributed by atoms with Crippen LogP contribution in [0.4, 0.5) is 0 Å². The molecule has 0 radical (unpaired) electrons. The van der Waals surface area contributed by atoms with Crippen molar-refractivity contribution in [3.8, 4) is 22.3 Å². The zero-order chi connectivity index (χ0) is 19.5. The number of benzene rings is 4. The Kier molecular flexibility index (Phi) is 6.32. The molecule has 2 unspecified atom stereocenters. The van der Waals surface area contributed by atoms with Gasteiger partial charge in [-0.1, -0.05) is 0 Å². The van der Waals surface area contributed by atoms with Gasteiger partial charge >= 0.3 is 185 Å². The van der Waals surface area contributed by atoms with E-state index in [-0.39, 0.29) is 24.8 Å². The number of aryl methyl sites for hydroxylation is 2. The van der Waals surface area contributed by atoms with E-state index in [0.717, 1.165) is 0 Å². The summed E-state index contributed by atoms with van der Waals surface area (Å²) in [5.74, 6) is 0. The topological polar surface area (TPSA) is 0 Å². The van der Waals surface area contributed by atoms with Crippen LogP contribution in [0.3, 0.4) is 0 Å². The van der Waals surface area contributed by atoms with Crippen molar-refractivity contribution >= 4 is 0 Å². The van der Waals surface area contributed by atoms with E-state index in [1.807, 2.05) is 0 Å². The molecule has 152 valence electrons. The maximum Gasteiger partial charge on any atom is -1.00 e. The van der Waals surface area contributed by atoms with E-state index in [1.54, 1.807) is 22.3 Å². The maximum absolute atomic E-state index is 2.40. The van der Waals surface area contributed by atoms with Gasteiger partial charge in [0.25, 0.3) is 0 Å². The molecule has 2 atom stereocenters. The summed E-state index contributed by atoms with van der Waals surface area (Å²) in [6.45, 7) is 4.55. The molecule has 0 bridgehead atoms. The van der Waals surface area contributed by atoms with Crippen molar-refractivity contribution < 1.29 is 47.7 Å². The molecule has 2 aliphatic carbocycles. The minimum atomic E-state index is -1.15. The van der Waals surface area contributed by atoms with E-state index >= 15 is 0 Å². The maximum atomic E-state index is 2.40. The molecule has 0 aliphatic heterocycles. The molecule has 3 heteroatoms. The van der Waals surface area contributed by atoms with E-state index < -0.39 is 22.9 Å². The van der Waals surface area contributed by atoms with E-state index in [4.69, 9.17) is 0 Å². The molecular formula is C28H22Cl2Hf. The Bertz CT molecular complexity index is 1180. The van der Waals surface area contributed by atoms with Gasteiger partial charge < -0.3 is 24.8 Å². The first-order valence-electron chi connectivity index (χ1n) is 10.4. The van der Waals surface area contributed by atoms with Gasteiger partial charge in [-0.05, 0) is 0 Å². The van der Waals surface area contributed by atoms with Crippen LogP contribution < -0.4 is 24.8 Å². The van der Waals surface area contributed by atoms with Gasteiger partial charge in [0.1, 0.15) is 0 Å². The molecule has 0 fully saturated rings. The third-order valence-electron chi connectivity index (χ3n) is 6.65. The van der Waals surface area contributed by atoms with Crippen molar-refractivity contribution in [2.45, 2.75) is 21.2 Å². The summed E-state index contributed by atoms with van der Waals surface area (Å²) in [5.41, 5.74) is 15.2. The van der Waals surface area contributed by atoms with Crippen LogP contribution in [-0.4, -0.2) is 0 Å². The summed E-state index contributed by atoms with van der Waals surface area (Å²) < 4.78 is 1.29. The first kappa shape index (κ1) is 22.5. The molecule has 2 aliphatic rings. The minimum Gasteiger partial charge on any atom is -1.00 e. The molecule has 0 amide bonds. The second kappa shape index (κ2) is 8.70. The number of hydrogen-bond donors (Lipinski definition) is 0. The zero-order valence-electron chi connectivity index (χ0n) is 17.5. The summed E-state index contributed by atoms with van der Waals surface area (Å²) >= 11 is -1.15. The van der Waals surface area contributed by atoms with Gasteiger partial charge in [0.2, 0.25) is 0 Å². The van der Waals surface area contributed by atoms with Crippen LogP contribution in [0.2, 0.25) is 0 Å². The fraction of sp³-hybridized carbons (Fsp3) is 0.143. The Hall–Kier alpha value is -1.67. The van der Waals surface area contributed by atoms with E-state index in [9.17, 15) is 0 Å². The van der Waals surface area contributed by atoms with Crippen molar-refractivity contribution in [3.05, 3.63) is 118 Å². The van der Waals surface area contributed by atoms with Crippen LogP contribution in [0.25, 0.3) is 22.3 Å². The largest absolute Gasteiger partial charge is 1.00 e. The predicted molar refractivity (Wildman–Crippen MR) is 117 cm³/mol. The Morgan fingerprint density at radius 2 is 0.871 bits per heavy atom. The van der Waals surface area contributed by atoms with Gasteiger partial charge in [-0.2, -0.15) is 0 Å². The number of rotatable bonds is 2. The number of fused-ring (bicyclic) bond motifs is 6. The van der Waals surface area contributed by atoms with Gasteiger partial charge in [-0.3, -0.25) is 0 Å². The molecule has 4 aromatic carbocycles. The molecule has 0 saturated heterocycles. The van der Waals surface area contributed by atoms with Crippen LogP contribution in [0.5, 0.6) is 0 Å². The van der Waals surface area contributed by atoms with Crippen molar-refractivity contribution in [2.24, 2.45) is 0 Å². The molecule has 0 aromatic heterocycles. The van der Waals surface area contributed by atoms with Gasteiger partial charge in [-0.25, -0.2) is 0 Å². The average Bonchev–Trinajstić information content (AvgIpc) is 3.24. The molecular weight excluding hydrogens is 586 g/mol. The van der Waals surface area contributed by atoms with Gasteiger partial charge in [0.05, 0.1) is 0 Å². The molecule has 6 rings (SSSR count). The van der Waals surface area contributed by atoms with Crippen LogP contribution in [0, 0.1) is 13.8 Å². The monoisotopic (exact) mass is 608 g/mol. The fourth-order valence-electron chi connectivity index (χ4n) is 5.41. The summed E-state index contributed by atoms with van der Waals surface area (Å²) in [5, 5.41) is 0. The quantitative estimate of drug-likeness (QED) is 0.301. The van der Waals surface area contributed by atoms with Crippen molar-refractivity contribution in [1.82, 2.24) is 0 Å². The molecule has 0 heterocycles. The van der Waals surface area contributed by atoms with E-state index in [1.165, 1.54) is 33.4 Å². The van der Waals surface area contributed by atoms with Crippen molar-refractivity contribution in [2.75, 3.05) is 0 Å². The summed E-state index contributed by atoms with van der Waals surface area (Å²) in [6.07, 6.45) is 0. The molecule has 0 spiro atoms. The molecule has 31 heavy (non-hydrogen) atoms. The first-order chi connectivity index (χ1) is 14.2. The van der Waals surface area contributed by atoms with Crippen molar-refractivity contribution in [1.29, 1.82) is 0 Å². The smallest absolute Gasteiger partial charge is 1.00 e. The third kappa shape index (κ3) is 3.37. The van der Waals surface area contributed by atoms with Gasteiger partial charge in [0, 0.05) is 0 Å². The van der Waals surface area contributed by atoms with Crippen LogP contribution >= 0.6 is 0 Å². The Labute approximate surface area is 208 Å². The van der Waals surface area contributed by atoms with Crippen molar-refractivity contribution in [3.63, 3.8) is 0 Å². The van der Waals surface area contributed by atoms with E-state index in [0.29, 0.717) is 7.35 Å². The Morgan fingerprint density at radius 3 is 1.32 bits per heavy atom. The predicted octanol–water partition coefficient (Wildman–Crippen LogP) is 1.23.